The van der Waals surface area contributed by atoms with Gasteiger partial charge in [-0.3, -0.25) is 4.79 Å². The molecule has 0 aliphatic carbocycles. The zero-order valence-electron chi connectivity index (χ0n) is 12.2. The molecule has 0 spiro atoms. The largest absolute Gasteiger partial charge is 0.375 e. The number of amides is 1. The van der Waals surface area contributed by atoms with Gasteiger partial charge in [-0.15, -0.1) is 0 Å². The van der Waals surface area contributed by atoms with Crippen LogP contribution in [0.1, 0.15) is 48.2 Å². The number of rotatable bonds is 2. The molecule has 0 radical (unpaired) electrons. The first-order valence-corrected chi connectivity index (χ1v) is 7.31. The molecule has 0 saturated carbocycles. The molecule has 2 N–H and O–H groups in total. The third-order valence-electron chi connectivity index (χ3n) is 4.13. The van der Waals surface area contributed by atoms with Crippen LogP contribution in [0.2, 0.25) is 0 Å². The Morgan fingerprint density at radius 3 is 2.95 bits per heavy atom. The third kappa shape index (κ3) is 2.86. The second kappa shape index (κ2) is 5.19. The first-order chi connectivity index (χ1) is 9.53. The minimum atomic E-state index is -0.141. The van der Waals surface area contributed by atoms with Crippen molar-refractivity contribution >= 4 is 5.91 Å². The van der Waals surface area contributed by atoms with Crippen LogP contribution in [-0.4, -0.2) is 24.2 Å². The normalized spacial score (nSPS) is 24.2. The van der Waals surface area contributed by atoms with Crippen LogP contribution >= 0.6 is 0 Å². The number of fused-ring (bicyclic) bond motifs is 1. The molecule has 2 aliphatic rings. The highest BCUT2D eigenvalue weighted by molar-refractivity contribution is 5.94. The number of nitrogens with one attached hydrogen (secondary N) is 2. The van der Waals surface area contributed by atoms with Gasteiger partial charge in [0, 0.05) is 31.3 Å². The van der Waals surface area contributed by atoms with Gasteiger partial charge < -0.3 is 15.4 Å². The van der Waals surface area contributed by atoms with Gasteiger partial charge in [-0.05, 0) is 49.9 Å². The molecule has 4 nitrogen and oxygen atoms in total. The van der Waals surface area contributed by atoms with E-state index in [1.54, 1.807) is 0 Å². The number of hydrogen-bond donors (Lipinski definition) is 2. The Balaban J connectivity index is 1.67. The molecule has 1 aromatic rings. The quantitative estimate of drug-likeness (QED) is 0.867. The van der Waals surface area contributed by atoms with Crippen LogP contribution in [-0.2, 0) is 17.8 Å². The van der Waals surface area contributed by atoms with Gasteiger partial charge in [-0.2, -0.15) is 0 Å². The molecule has 1 atom stereocenters. The smallest absolute Gasteiger partial charge is 0.251 e. The fraction of sp³-hybridized carbons (Fsp3) is 0.562. The second-order valence-corrected chi connectivity index (χ2v) is 6.36. The summed E-state index contributed by atoms with van der Waals surface area (Å²) in [7, 11) is 0. The molecule has 1 unspecified atom stereocenters. The van der Waals surface area contributed by atoms with Crippen LogP contribution < -0.4 is 10.6 Å². The molecular weight excluding hydrogens is 252 g/mol. The summed E-state index contributed by atoms with van der Waals surface area (Å²) < 4.78 is 5.68. The van der Waals surface area contributed by atoms with Crippen molar-refractivity contribution in [2.75, 3.05) is 6.61 Å². The highest BCUT2D eigenvalue weighted by Crippen LogP contribution is 2.24. The van der Waals surface area contributed by atoms with E-state index in [9.17, 15) is 4.79 Å². The zero-order valence-corrected chi connectivity index (χ0v) is 12.2. The summed E-state index contributed by atoms with van der Waals surface area (Å²) in [6.45, 7) is 6.64. The Hall–Kier alpha value is -1.39. The lowest BCUT2D eigenvalue weighted by atomic mass is 9.93. The van der Waals surface area contributed by atoms with Gasteiger partial charge in [0.25, 0.3) is 5.91 Å². The molecule has 1 amide bonds. The lowest BCUT2D eigenvalue weighted by molar-refractivity contribution is -0.0615. The van der Waals surface area contributed by atoms with Gasteiger partial charge in [0.05, 0.1) is 5.60 Å². The van der Waals surface area contributed by atoms with Gasteiger partial charge in [-0.1, -0.05) is 6.07 Å². The molecule has 2 heterocycles. The predicted molar refractivity (Wildman–Crippen MR) is 77.5 cm³/mol. The van der Waals surface area contributed by atoms with Gasteiger partial charge in [-0.25, -0.2) is 0 Å². The van der Waals surface area contributed by atoms with Crippen molar-refractivity contribution in [3.8, 4) is 0 Å². The molecule has 1 fully saturated rings. The fourth-order valence-corrected chi connectivity index (χ4v) is 3.06. The SMILES string of the molecule is CC1(C)CC(NC(=O)c2ccc3c(c2)CNC3)CCO1. The van der Waals surface area contributed by atoms with Crippen molar-refractivity contribution in [3.63, 3.8) is 0 Å². The lowest BCUT2D eigenvalue weighted by Crippen LogP contribution is -2.45. The van der Waals surface area contributed by atoms with Crippen molar-refractivity contribution in [2.45, 2.75) is 51.4 Å². The van der Waals surface area contributed by atoms with Gasteiger partial charge in [0.15, 0.2) is 0 Å². The van der Waals surface area contributed by atoms with Crippen LogP contribution in [0.25, 0.3) is 0 Å². The fourth-order valence-electron chi connectivity index (χ4n) is 3.06. The third-order valence-corrected chi connectivity index (χ3v) is 4.13. The molecule has 20 heavy (non-hydrogen) atoms. The Kier molecular flexibility index (Phi) is 3.52. The van der Waals surface area contributed by atoms with Gasteiger partial charge >= 0.3 is 0 Å². The minimum Gasteiger partial charge on any atom is -0.375 e. The summed E-state index contributed by atoms with van der Waals surface area (Å²) >= 11 is 0. The minimum absolute atomic E-state index is 0.0300. The standard InChI is InChI=1S/C16H22N2O2/c1-16(2)8-14(5-6-20-16)18-15(19)11-3-4-12-9-17-10-13(12)7-11/h3-4,7,14,17H,5-6,8-10H2,1-2H3,(H,18,19). The maximum absolute atomic E-state index is 12.4. The van der Waals surface area contributed by atoms with E-state index in [0.717, 1.165) is 31.5 Å². The molecule has 1 aromatic carbocycles. The van der Waals surface area contributed by atoms with E-state index in [1.165, 1.54) is 11.1 Å². The van der Waals surface area contributed by atoms with Crippen molar-refractivity contribution in [1.82, 2.24) is 10.6 Å². The average Bonchev–Trinajstić information content (AvgIpc) is 2.84. The van der Waals surface area contributed by atoms with Crippen molar-refractivity contribution in [3.05, 3.63) is 34.9 Å². The number of carbonyl (C=O) groups excluding carboxylic acids is 1. The van der Waals surface area contributed by atoms with Gasteiger partial charge in [0.2, 0.25) is 0 Å². The highest BCUT2D eigenvalue weighted by Gasteiger charge is 2.29. The van der Waals surface area contributed by atoms with E-state index in [-0.39, 0.29) is 17.6 Å². The summed E-state index contributed by atoms with van der Waals surface area (Å²) in [5.41, 5.74) is 3.16. The molecule has 108 valence electrons. The average molecular weight is 274 g/mol. The Morgan fingerprint density at radius 2 is 2.15 bits per heavy atom. The van der Waals surface area contributed by atoms with Gasteiger partial charge in [0.1, 0.15) is 0 Å². The molecule has 2 aliphatic heterocycles. The van der Waals surface area contributed by atoms with Crippen LogP contribution in [0.15, 0.2) is 18.2 Å². The van der Waals surface area contributed by atoms with E-state index in [1.807, 2.05) is 12.1 Å². The Morgan fingerprint density at radius 1 is 1.35 bits per heavy atom. The Bertz CT molecular complexity index is 525. The lowest BCUT2D eigenvalue weighted by Gasteiger charge is -2.35. The molecule has 0 aromatic heterocycles. The summed E-state index contributed by atoms with van der Waals surface area (Å²) in [5.74, 6) is 0.0300. The van der Waals surface area contributed by atoms with E-state index in [4.69, 9.17) is 4.74 Å². The molecular formula is C16H22N2O2. The monoisotopic (exact) mass is 274 g/mol. The summed E-state index contributed by atoms with van der Waals surface area (Å²) in [5, 5.41) is 6.44. The van der Waals surface area contributed by atoms with E-state index in [2.05, 4.69) is 30.5 Å². The zero-order chi connectivity index (χ0) is 14.2. The highest BCUT2D eigenvalue weighted by atomic mass is 16.5. The first-order valence-electron chi connectivity index (χ1n) is 7.31. The van der Waals surface area contributed by atoms with Crippen molar-refractivity contribution < 1.29 is 9.53 Å². The van der Waals surface area contributed by atoms with Crippen LogP contribution in [0, 0.1) is 0 Å². The Labute approximate surface area is 119 Å². The molecule has 0 bridgehead atoms. The molecule has 4 heteroatoms. The maximum atomic E-state index is 12.4. The number of carbonyl (C=O) groups is 1. The van der Waals surface area contributed by atoms with E-state index in [0.29, 0.717) is 6.61 Å². The first kappa shape index (κ1) is 13.6. The molecule has 1 saturated heterocycles. The summed E-state index contributed by atoms with van der Waals surface area (Å²) in [4.78, 5) is 12.4. The number of ether oxygens (including phenoxy) is 1. The van der Waals surface area contributed by atoms with Crippen molar-refractivity contribution in [1.29, 1.82) is 0 Å². The van der Waals surface area contributed by atoms with Crippen LogP contribution in [0.3, 0.4) is 0 Å². The van der Waals surface area contributed by atoms with Crippen LogP contribution in [0.4, 0.5) is 0 Å². The van der Waals surface area contributed by atoms with E-state index < -0.39 is 0 Å². The topological polar surface area (TPSA) is 50.4 Å². The number of hydrogen-bond acceptors (Lipinski definition) is 3. The summed E-state index contributed by atoms with van der Waals surface area (Å²) in [6, 6.07) is 6.19. The van der Waals surface area contributed by atoms with E-state index >= 15 is 0 Å². The molecule has 3 rings (SSSR count). The summed E-state index contributed by atoms with van der Waals surface area (Å²) in [6.07, 6.45) is 1.76. The second-order valence-electron chi connectivity index (χ2n) is 6.36. The number of benzene rings is 1. The van der Waals surface area contributed by atoms with Crippen molar-refractivity contribution in [2.24, 2.45) is 0 Å². The van der Waals surface area contributed by atoms with Crippen LogP contribution in [0.5, 0.6) is 0 Å². The predicted octanol–water partition coefficient (Wildman–Crippen LogP) is 1.98. The maximum Gasteiger partial charge on any atom is 0.251 e.